The van der Waals surface area contributed by atoms with Crippen LogP contribution in [0.15, 0.2) is 39.5 Å². The van der Waals surface area contributed by atoms with Crippen molar-refractivity contribution in [2.24, 2.45) is 0 Å². The van der Waals surface area contributed by atoms with Crippen LogP contribution in [0.25, 0.3) is 0 Å². The van der Waals surface area contributed by atoms with E-state index in [0.29, 0.717) is 5.69 Å². The lowest BCUT2D eigenvalue weighted by Crippen LogP contribution is -2.17. The Balaban J connectivity index is 2.09. The molecule has 0 fully saturated rings. The second kappa shape index (κ2) is 6.05. The van der Waals surface area contributed by atoms with Crippen molar-refractivity contribution >= 4 is 33.0 Å². The van der Waals surface area contributed by atoms with Gasteiger partial charge in [-0.25, -0.2) is 0 Å². The Kier molecular flexibility index (Phi) is 4.59. The van der Waals surface area contributed by atoms with Crippen molar-refractivity contribution in [2.75, 3.05) is 5.32 Å². The maximum absolute atomic E-state index is 12.2. The molecule has 0 aliphatic rings. The fourth-order valence-corrected chi connectivity index (χ4v) is 2.87. The Labute approximate surface area is 126 Å². The molecule has 1 N–H and O–H groups in total. The van der Waals surface area contributed by atoms with Gasteiger partial charge in [0.2, 0.25) is 0 Å². The molecule has 2 rings (SSSR count). The van der Waals surface area contributed by atoms with Crippen molar-refractivity contribution in [2.45, 2.75) is 19.3 Å². The molecule has 0 aliphatic heterocycles. The number of thiophene rings is 1. The molecule has 1 aromatic heterocycles. The summed E-state index contributed by atoms with van der Waals surface area (Å²) in [5.41, 5.74) is 1.84. The van der Waals surface area contributed by atoms with Gasteiger partial charge in [0.15, 0.2) is 0 Å². The lowest BCUT2D eigenvalue weighted by atomic mass is 10.1. The van der Waals surface area contributed by atoms with Gasteiger partial charge in [0, 0.05) is 11.7 Å². The molecular weight excluding hydrogens is 355 g/mol. The largest absolute Gasteiger partial charge is 0.573 e. The number of alkyl halides is 3. The maximum atomic E-state index is 12.2. The summed E-state index contributed by atoms with van der Waals surface area (Å²) >= 11 is 4.67. The molecule has 1 unspecified atom stereocenters. The summed E-state index contributed by atoms with van der Waals surface area (Å²) in [6.07, 6.45) is -4.69. The van der Waals surface area contributed by atoms with Crippen LogP contribution >= 0.6 is 27.3 Å². The van der Waals surface area contributed by atoms with Crippen LogP contribution in [0.3, 0.4) is 0 Å². The molecule has 0 amide bonds. The predicted octanol–water partition coefficient (Wildman–Crippen LogP) is 5.58. The topological polar surface area (TPSA) is 21.3 Å². The summed E-state index contributed by atoms with van der Waals surface area (Å²) in [5, 5.41) is 7.21. The Hall–Kier alpha value is -1.21. The highest BCUT2D eigenvalue weighted by atomic mass is 79.9. The van der Waals surface area contributed by atoms with Gasteiger partial charge in [-0.15, -0.1) is 13.2 Å². The molecule has 0 bridgehead atoms. The van der Waals surface area contributed by atoms with Crippen LogP contribution in [0.2, 0.25) is 0 Å². The lowest BCUT2D eigenvalue weighted by Gasteiger charge is -2.16. The third kappa shape index (κ3) is 4.14. The predicted molar refractivity (Wildman–Crippen MR) is 77.2 cm³/mol. The number of hydrogen-bond acceptors (Lipinski definition) is 3. The fraction of sp³-hybridized carbons (Fsp3) is 0.231. The molecule has 0 saturated carbocycles. The number of halogens is 4. The van der Waals surface area contributed by atoms with Crippen LogP contribution in [-0.4, -0.2) is 6.36 Å². The summed E-state index contributed by atoms with van der Waals surface area (Å²) in [6.45, 7) is 1.98. The third-order valence-electron chi connectivity index (χ3n) is 2.58. The molecule has 0 aliphatic carbocycles. The van der Waals surface area contributed by atoms with Crippen LogP contribution in [0.4, 0.5) is 18.9 Å². The Morgan fingerprint density at radius 1 is 1.30 bits per heavy atom. The molecule has 0 saturated heterocycles. The Bertz CT molecular complexity index is 571. The first-order chi connectivity index (χ1) is 9.35. The van der Waals surface area contributed by atoms with Crippen molar-refractivity contribution in [1.82, 2.24) is 0 Å². The molecule has 108 valence electrons. The highest BCUT2D eigenvalue weighted by Gasteiger charge is 2.31. The second-order valence-electron chi connectivity index (χ2n) is 4.12. The number of benzene rings is 1. The second-order valence-corrected chi connectivity index (χ2v) is 5.75. The fourth-order valence-electron chi connectivity index (χ4n) is 1.65. The summed E-state index contributed by atoms with van der Waals surface area (Å²) < 4.78 is 40.6. The number of rotatable bonds is 4. The number of anilines is 1. The molecule has 1 heterocycles. The monoisotopic (exact) mass is 365 g/mol. The number of ether oxygens (including phenoxy) is 1. The summed E-state index contributed by atoms with van der Waals surface area (Å²) in [6, 6.07) is 6.46. The summed E-state index contributed by atoms with van der Waals surface area (Å²) in [4.78, 5) is 0. The van der Waals surface area contributed by atoms with Gasteiger partial charge in [0.05, 0.1) is 4.47 Å². The van der Waals surface area contributed by atoms with Crippen molar-refractivity contribution in [3.05, 3.63) is 45.1 Å². The van der Waals surface area contributed by atoms with Crippen LogP contribution in [0.5, 0.6) is 5.75 Å². The van der Waals surface area contributed by atoms with Crippen molar-refractivity contribution in [3.8, 4) is 5.75 Å². The molecule has 2 aromatic rings. The van der Waals surface area contributed by atoms with Gasteiger partial charge in [0.25, 0.3) is 0 Å². The molecule has 0 radical (unpaired) electrons. The minimum atomic E-state index is -4.69. The zero-order chi connectivity index (χ0) is 14.8. The molecular formula is C13H11BrF3NOS. The smallest absolute Gasteiger partial charge is 0.405 e. The first kappa shape index (κ1) is 15.2. The van der Waals surface area contributed by atoms with Crippen LogP contribution in [0.1, 0.15) is 18.5 Å². The van der Waals surface area contributed by atoms with Gasteiger partial charge in [0.1, 0.15) is 5.75 Å². The molecule has 1 aromatic carbocycles. The molecule has 1 atom stereocenters. The van der Waals surface area contributed by atoms with Crippen molar-refractivity contribution < 1.29 is 17.9 Å². The zero-order valence-corrected chi connectivity index (χ0v) is 12.8. The SMILES string of the molecule is CC(Nc1ccc(OC(F)(F)F)c(Br)c1)c1ccsc1. The van der Waals surface area contributed by atoms with E-state index in [4.69, 9.17) is 0 Å². The van der Waals surface area contributed by atoms with Crippen LogP contribution in [0, 0.1) is 0 Å². The normalized spacial score (nSPS) is 13.1. The van der Waals surface area contributed by atoms with E-state index in [2.05, 4.69) is 26.0 Å². The lowest BCUT2D eigenvalue weighted by molar-refractivity contribution is -0.274. The van der Waals surface area contributed by atoms with Gasteiger partial charge in [-0.2, -0.15) is 11.3 Å². The van der Waals surface area contributed by atoms with Gasteiger partial charge in [-0.05, 0) is 63.4 Å². The maximum Gasteiger partial charge on any atom is 0.573 e. The third-order valence-corrected chi connectivity index (χ3v) is 3.91. The van der Waals surface area contributed by atoms with E-state index >= 15 is 0 Å². The summed E-state index contributed by atoms with van der Waals surface area (Å²) in [5.74, 6) is -0.258. The van der Waals surface area contributed by atoms with E-state index in [0.717, 1.165) is 5.56 Å². The average Bonchev–Trinajstić information content (AvgIpc) is 2.85. The highest BCUT2D eigenvalue weighted by molar-refractivity contribution is 9.10. The first-order valence-electron chi connectivity index (χ1n) is 5.69. The van der Waals surface area contributed by atoms with Crippen LogP contribution < -0.4 is 10.1 Å². The van der Waals surface area contributed by atoms with E-state index < -0.39 is 6.36 Å². The minimum absolute atomic E-state index is 0.0718. The van der Waals surface area contributed by atoms with Crippen LogP contribution in [-0.2, 0) is 0 Å². The summed E-state index contributed by atoms with van der Waals surface area (Å²) in [7, 11) is 0. The first-order valence-corrected chi connectivity index (χ1v) is 7.42. The van der Waals surface area contributed by atoms with E-state index in [1.165, 1.54) is 6.07 Å². The molecule has 7 heteroatoms. The quantitative estimate of drug-likeness (QED) is 0.763. The minimum Gasteiger partial charge on any atom is -0.405 e. The van der Waals surface area contributed by atoms with E-state index in [1.54, 1.807) is 23.5 Å². The Morgan fingerprint density at radius 3 is 2.60 bits per heavy atom. The van der Waals surface area contributed by atoms with Gasteiger partial charge < -0.3 is 10.1 Å². The highest BCUT2D eigenvalue weighted by Crippen LogP contribution is 2.33. The van der Waals surface area contributed by atoms with Gasteiger partial charge >= 0.3 is 6.36 Å². The molecule has 2 nitrogen and oxygen atoms in total. The standard InChI is InChI=1S/C13H11BrF3NOS/c1-8(9-4-5-20-7-9)18-10-2-3-12(11(14)6-10)19-13(15,16)17/h2-8,18H,1H3. The van der Waals surface area contributed by atoms with Crippen molar-refractivity contribution in [3.63, 3.8) is 0 Å². The van der Waals surface area contributed by atoms with Gasteiger partial charge in [-0.3, -0.25) is 0 Å². The average molecular weight is 366 g/mol. The van der Waals surface area contributed by atoms with E-state index in [9.17, 15) is 13.2 Å². The Morgan fingerprint density at radius 2 is 2.05 bits per heavy atom. The van der Waals surface area contributed by atoms with E-state index in [1.807, 2.05) is 23.8 Å². The molecule has 0 spiro atoms. The van der Waals surface area contributed by atoms with Gasteiger partial charge in [-0.1, -0.05) is 0 Å². The van der Waals surface area contributed by atoms with E-state index in [-0.39, 0.29) is 16.3 Å². The molecule has 20 heavy (non-hydrogen) atoms. The number of hydrogen-bond donors (Lipinski definition) is 1. The zero-order valence-electron chi connectivity index (χ0n) is 10.4. The van der Waals surface area contributed by atoms with Crippen molar-refractivity contribution in [1.29, 1.82) is 0 Å². The number of nitrogens with one attached hydrogen (secondary N) is 1.